The van der Waals surface area contributed by atoms with Crippen LogP contribution in [0.25, 0.3) is 0 Å². The maximum Gasteiger partial charge on any atom is 0.501 e. The summed E-state index contributed by atoms with van der Waals surface area (Å²) in [5.74, 6) is -0.288. The van der Waals surface area contributed by atoms with Crippen LogP contribution in [0.1, 0.15) is 150 Å². The summed E-state index contributed by atoms with van der Waals surface area (Å²) in [6.07, 6.45) is 26.1. The molecule has 0 aliphatic carbocycles. The van der Waals surface area contributed by atoms with Crippen molar-refractivity contribution in [1.82, 2.24) is 0 Å². The number of rotatable bonds is 29. The Bertz CT molecular complexity index is 466. The number of ether oxygens (including phenoxy) is 1. The summed E-state index contributed by atoms with van der Waals surface area (Å²) in [6, 6.07) is 0.706. The van der Waals surface area contributed by atoms with Crippen molar-refractivity contribution in [3.8, 4) is 0 Å². The maximum absolute atomic E-state index is 11.7. The fraction of sp³-hybridized carbons (Fsp3) is 0.903. The minimum atomic E-state index is -2.82. The predicted octanol–water partition coefficient (Wildman–Crippen LogP) is 9.57. The van der Waals surface area contributed by atoms with Gasteiger partial charge in [0.2, 0.25) is 0 Å². The summed E-state index contributed by atoms with van der Waals surface area (Å²) in [5, 5.41) is 0. The number of hydrogen-bond donors (Lipinski definition) is 0. The van der Waals surface area contributed by atoms with Crippen molar-refractivity contribution >= 4 is 14.8 Å². The van der Waals surface area contributed by atoms with Crippen molar-refractivity contribution in [3.63, 3.8) is 0 Å². The van der Waals surface area contributed by atoms with Crippen LogP contribution < -0.4 is 0 Å². The Morgan fingerprint density at radius 1 is 0.541 bits per heavy atom. The van der Waals surface area contributed by atoms with Crippen LogP contribution in [0.15, 0.2) is 12.2 Å². The molecule has 0 atom stereocenters. The lowest BCUT2D eigenvalue weighted by Crippen LogP contribution is -2.47. The first-order chi connectivity index (χ1) is 18.1. The van der Waals surface area contributed by atoms with Crippen LogP contribution in [0.4, 0.5) is 0 Å². The van der Waals surface area contributed by atoms with Gasteiger partial charge in [0, 0.05) is 31.9 Å². The van der Waals surface area contributed by atoms with E-state index in [2.05, 4.69) is 20.8 Å². The molecule has 0 aliphatic rings. The van der Waals surface area contributed by atoms with Crippen molar-refractivity contribution in [2.24, 2.45) is 0 Å². The van der Waals surface area contributed by atoms with Crippen molar-refractivity contribution < 1.29 is 22.8 Å². The van der Waals surface area contributed by atoms with Crippen LogP contribution in [0.5, 0.6) is 0 Å². The Balaban J connectivity index is 4.90. The van der Waals surface area contributed by atoms with Gasteiger partial charge in [0.05, 0.1) is 6.61 Å². The summed E-state index contributed by atoms with van der Waals surface area (Å²) in [5.41, 5.74) is 0. The Kier molecular flexibility index (Phi) is 27.8. The van der Waals surface area contributed by atoms with Gasteiger partial charge in [0.15, 0.2) is 0 Å². The third-order valence-electron chi connectivity index (χ3n) is 6.63. The lowest BCUT2D eigenvalue weighted by molar-refractivity contribution is -0.137. The molecule has 0 saturated heterocycles. The highest BCUT2D eigenvalue weighted by Gasteiger charge is 2.40. The van der Waals surface area contributed by atoms with Crippen molar-refractivity contribution in [2.75, 3.05) is 26.4 Å². The standard InChI is InChI=1S/C31H62O5Si/c1-5-9-12-15-18-21-27-34-37(30-24-26-33-31(32)25-8-4,35-28-22-19-16-13-10-6-2)36-29-23-20-17-14-11-7-3/h8,25H,5-7,9-24,26-30H2,1-4H3. The highest BCUT2D eigenvalue weighted by atomic mass is 28.4. The Labute approximate surface area is 231 Å². The first-order valence-corrected chi connectivity index (χ1v) is 17.8. The van der Waals surface area contributed by atoms with E-state index in [-0.39, 0.29) is 5.97 Å². The normalized spacial score (nSPS) is 12.0. The minimum Gasteiger partial charge on any atom is -0.463 e. The molecule has 0 rings (SSSR count). The van der Waals surface area contributed by atoms with E-state index >= 15 is 0 Å². The van der Waals surface area contributed by atoms with Gasteiger partial charge in [-0.1, -0.05) is 123 Å². The van der Waals surface area contributed by atoms with Gasteiger partial charge >= 0.3 is 14.8 Å². The van der Waals surface area contributed by atoms with Crippen LogP contribution in [0.2, 0.25) is 6.04 Å². The Morgan fingerprint density at radius 3 is 1.30 bits per heavy atom. The largest absolute Gasteiger partial charge is 0.501 e. The summed E-state index contributed by atoms with van der Waals surface area (Å²) >= 11 is 0. The van der Waals surface area contributed by atoms with Gasteiger partial charge in [0.25, 0.3) is 0 Å². The number of hydrogen-bond acceptors (Lipinski definition) is 5. The molecule has 0 spiro atoms. The number of unbranched alkanes of at least 4 members (excludes halogenated alkanes) is 15. The number of carbonyl (C=O) groups is 1. The molecule has 0 aromatic rings. The number of allylic oxidation sites excluding steroid dienone is 1. The SMILES string of the molecule is CC=CC(=O)OCCC[Si](OCCCCCCCC)(OCCCCCCCC)OCCCCCCCC. The first kappa shape index (κ1) is 36.3. The quantitative estimate of drug-likeness (QED) is 0.0407. The average molecular weight is 543 g/mol. The van der Waals surface area contributed by atoms with Crippen molar-refractivity contribution in [1.29, 1.82) is 0 Å². The molecule has 0 aromatic heterocycles. The molecule has 0 N–H and O–H groups in total. The smallest absolute Gasteiger partial charge is 0.463 e. The lowest BCUT2D eigenvalue weighted by atomic mass is 10.1. The second kappa shape index (κ2) is 28.3. The summed E-state index contributed by atoms with van der Waals surface area (Å²) < 4.78 is 24.9. The van der Waals surface area contributed by atoms with E-state index in [4.69, 9.17) is 18.0 Å². The predicted molar refractivity (Wildman–Crippen MR) is 159 cm³/mol. The minimum absolute atomic E-state index is 0.288. The zero-order chi connectivity index (χ0) is 27.3. The van der Waals surface area contributed by atoms with Crippen LogP contribution in [-0.2, 0) is 22.8 Å². The molecule has 0 fully saturated rings. The van der Waals surface area contributed by atoms with Gasteiger partial charge < -0.3 is 18.0 Å². The zero-order valence-corrected chi connectivity index (χ0v) is 26.2. The first-order valence-electron chi connectivity index (χ1n) is 15.8. The van der Waals surface area contributed by atoms with Gasteiger partial charge in [-0.05, 0) is 32.6 Å². The molecule has 0 unspecified atom stereocenters. The van der Waals surface area contributed by atoms with Crippen molar-refractivity contribution in [3.05, 3.63) is 12.2 Å². The van der Waals surface area contributed by atoms with Crippen molar-refractivity contribution in [2.45, 2.75) is 156 Å². The third kappa shape index (κ3) is 24.1. The van der Waals surface area contributed by atoms with E-state index < -0.39 is 8.80 Å². The van der Waals surface area contributed by atoms with E-state index in [0.29, 0.717) is 38.9 Å². The molecule has 0 radical (unpaired) electrons. The molecule has 0 aromatic carbocycles. The Hall–Kier alpha value is -0.693. The monoisotopic (exact) mass is 542 g/mol. The topological polar surface area (TPSA) is 54.0 Å². The second-order valence-corrected chi connectivity index (χ2v) is 13.0. The molecule has 0 bridgehead atoms. The van der Waals surface area contributed by atoms with E-state index in [0.717, 1.165) is 19.3 Å². The molecular weight excluding hydrogens is 480 g/mol. The Morgan fingerprint density at radius 2 is 0.919 bits per heavy atom. The molecule has 0 heterocycles. The van der Waals surface area contributed by atoms with E-state index in [9.17, 15) is 4.79 Å². The van der Waals surface area contributed by atoms with Gasteiger partial charge in [-0.15, -0.1) is 0 Å². The number of esters is 1. The van der Waals surface area contributed by atoms with Gasteiger partial charge in [-0.2, -0.15) is 0 Å². The van der Waals surface area contributed by atoms with Crippen LogP contribution in [0, 0.1) is 0 Å². The van der Waals surface area contributed by atoms with Crippen LogP contribution in [-0.4, -0.2) is 41.2 Å². The average Bonchev–Trinajstić information content (AvgIpc) is 2.89. The van der Waals surface area contributed by atoms with Crippen LogP contribution >= 0.6 is 0 Å². The summed E-state index contributed by atoms with van der Waals surface area (Å²) in [4.78, 5) is 11.7. The summed E-state index contributed by atoms with van der Waals surface area (Å²) in [7, 11) is -2.82. The van der Waals surface area contributed by atoms with Gasteiger partial charge in [-0.25, -0.2) is 4.79 Å². The van der Waals surface area contributed by atoms with E-state index in [1.807, 2.05) is 6.92 Å². The van der Waals surface area contributed by atoms with E-state index in [1.165, 1.54) is 102 Å². The molecule has 37 heavy (non-hydrogen) atoms. The summed E-state index contributed by atoms with van der Waals surface area (Å²) in [6.45, 7) is 11.0. The third-order valence-corrected chi connectivity index (χ3v) is 9.53. The lowest BCUT2D eigenvalue weighted by Gasteiger charge is -2.30. The molecule has 5 nitrogen and oxygen atoms in total. The fourth-order valence-electron chi connectivity index (χ4n) is 4.32. The van der Waals surface area contributed by atoms with Crippen LogP contribution in [0.3, 0.4) is 0 Å². The van der Waals surface area contributed by atoms with E-state index in [1.54, 1.807) is 6.08 Å². The molecule has 0 aliphatic heterocycles. The molecule has 0 amide bonds. The molecule has 0 saturated carbocycles. The molecular formula is C31H62O5Si. The highest BCUT2D eigenvalue weighted by Crippen LogP contribution is 2.22. The maximum atomic E-state index is 11.7. The second-order valence-electron chi connectivity index (χ2n) is 10.3. The van der Waals surface area contributed by atoms with Gasteiger partial charge in [0.1, 0.15) is 0 Å². The highest BCUT2D eigenvalue weighted by molar-refractivity contribution is 6.60. The van der Waals surface area contributed by atoms with Gasteiger partial charge in [-0.3, -0.25) is 0 Å². The molecule has 220 valence electrons. The number of carbonyl (C=O) groups excluding carboxylic acids is 1. The zero-order valence-electron chi connectivity index (χ0n) is 25.2. The fourth-order valence-corrected chi connectivity index (χ4v) is 6.94. The molecule has 6 heteroatoms.